The van der Waals surface area contributed by atoms with Crippen LogP contribution in [-0.2, 0) is 0 Å². The molecule has 0 radical (unpaired) electrons. The fourth-order valence-electron chi connectivity index (χ4n) is 2.20. The smallest absolute Gasteiger partial charge is 0.0761 e. The van der Waals surface area contributed by atoms with Gasteiger partial charge in [-0.15, -0.1) is 0 Å². The van der Waals surface area contributed by atoms with Crippen molar-refractivity contribution in [3.8, 4) is 11.3 Å². The Hall–Kier alpha value is -2.26. The van der Waals surface area contributed by atoms with Crippen LogP contribution in [0.25, 0.3) is 22.2 Å². The van der Waals surface area contributed by atoms with Crippen molar-refractivity contribution in [2.75, 3.05) is 0 Å². The Balaban J connectivity index is 2.27. The predicted octanol–water partition coefficient (Wildman–Crippen LogP) is 4.30. The van der Waals surface area contributed by atoms with Crippen LogP contribution in [0, 0.1) is 0 Å². The van der Waals surface area contributed by atoms with Crippen LogP contribution in [0.1, 0.15) is 5.56 Å². The van der Waals surface area contributed by atoms with Gasteiger partial charge >= 0.3 is 0 Å². The lowest BCUT2D eigenvalue weighted by molar-refractivity contribution is 0.322. The van der Waals surface area contributed by atoms with E-state index in [1.54, 1.807) is 0 Å². The zero-order valence-corrected chi connectivity index (χ0v) is 10.7. The molecule has 3 rings (SSSR count). The predicted molar refractivity (Wildman–Crippen MR) is 78.1 cm³/mol. The number of para-hydroxylation sites is 1. The fourth-order valence-corrected chi connectivity index (χ4v) is 2.33. The SMILES string of the molecule is O/N=C\c1c(-c2ccc(Cl)cc2)[nH]c2ccccc12. The number of halogens is 1. The molecule has 3 nitrogen and oxygen atoms in total. The van der Waals surface area contributed by atoms with Crippen molar-refractivity contribution in [1.29, 1.82) is 0 Å². The van der Waals surface area contributed by atoms with Gasteiger partial charge in [0.25, 0.3) is 0 Å². The molecule has 0 unspecified atom stereocenters. The summed E-state index contributed by atoms with van der Waals surface area (Å²) in [5.41, 5.74) is 3.77. The highest BCUT2D eigenvalue weighted by Gasteiger charge is 2.11. The van der Waals surface area contributed by atoms with E-state index in [0.29, 0.717) is 5.02 Å². The number of fused-ring (bicyclic) bond motifs is 1. The lowest BCUT2D eigenvalue weighted by Gasteiger charge is -2.00. The van der Waals surface area contributed by atoms with Gasteiger partial charge in [0.1, 0.15) is 0 Å². The molecule has 2 aromatic carbocycles. The lowest BCUT2D eigenvalue weighted by atomic mass is 10.1. The van der Waals surface area contributed by atoms with Crippen LogP contribution in [-0.4, -0.2) is 16.4 Å². The van der Waals surface area contributed by atoms with Crippen LogP contribution in [0.5, 0.6) is 0 Å². The van der Waals surface area contributed by atoms with Crippen molar-refractivity contribution in [3.05, 3.63) is 59.1 Å². The molecule has 0 saturated carbocycles. The van der Waals surface area contributed by atoms with Crippen molar-refractivity contribution in [2.24, 2.45) is 5.16 Å². The molecule has 0 saturated heterocycles. The average Bonchev–Trinajstić information content (AvgIpc) is 2.79. The Morgan fingerprint density at radius 2 is 1.79 bits per heavy atom. The van der Waals surface area contributed by atoms with Crippen molar-refractivity contribution in [2.45, 2.75) is 0 Å². The van der Waals surface area contributed by atoms with Gasteiger partial charge in [-0.25, -0.2) is 0 Å². The maximum atomic E-state index is 8.85. The van der Waals surface area contributed by atoms with E-state index in [1.165, 1.54) is 6.21 Å². The van der Waals surface area contributed by atoms with Crippen molar-refractivity contribution < 1.29 is 5.21 Å². The summed E-state index contributed by atoms with van der Waals surface area (Å²) in [6, 6.07) is 15.4. The number of rotatable bonds is 2. The Kier molecular flexibility index (Phi) is 2.97. The first-order valence-corrected chi connectivity index (χ1v) is 6.21. The van der Waals surface area contributed by atoms with Gasteiger partial charge in [0.15, 0.2) is 0 Å². The van der Waals surface area contributed by atoms with E-state index in [9.17, 15) is 0 Å². The van der Waals surface area contributed by atoms with Gasteiger partial charge in [-0.3, -0.25) is 0 Å². The zero-order chi connectivity index (χ0) is 13.2. The van der Waals surface area contributed by atoms with Crippen LogP contribution in [0.15, 0.2) is 53.7 Å². The molecule has 0 atom stereocenters. The number of benzene rings is 2. The maximum Gasteiger partial charge on any atom is 0.0761 e. The third kappa shape index (κ3) is 2.09. The van der Waals surface area contributed by atoms with Crippen LogP contribution < -0.4 is 0 Å². The molecule has 94 valence electrons. The number of H-pyrrole nitrogens is 1. The average molecular weight is 271 g/mol. The topological polar surface area (TPSA) is 48.4 Å². The van der Waals surface area contributed by atoms with E-state index < -0.39 is 0 Å². The first-order valence-electron chi connectivity index (χ1n) is 5.83. The molecule has 0 spiro atoms. The minimum Gasteiger partial charge on any atom is -0.411 e. The zero-order valence-electron chi connectivity index (χ0n) is 9.97. The third-order valence-electron chi connectivity index (χ3n) is 3.07. The van der Waals surface area contributed by atoms with Crippen LogP contribution in [0.4, 0.5) is 0 Å². The summed E-state index contributed by atoms with van der Waals surface area (Å²) in [6.07, 6.45) is 1.45. The molecular formula is C15H11ClN2O. The standard InChI is InChI=1S/C15H11ClN2O/c16-11-7-5-10(6-8-11)15-13(9-17-19)12-3-1-2-4-14(12)18-15/h1-9,18-19H/b17-9-. The fraction of sp³-hybridized carbons (Fsp3) is 0. The number of nitrogens with one attached hydrogen (secondary N) is 1. The maximum absolute atomic E-state index is 8.85. The Bertz CT molecular complexity index is 744. The van der Waals surface area contributed by atoms with Gasteiger partial charge in [0.2, 0.25) is 0 Å². The molecule has 1 heterocycles. The lowest BCUT2D eigenvalue weighted by Crippen LogP contribution is -1.85. The quantitative estimate of drug-likeness (QED) is 0.407. The number of aromatic nitrogens is 1. The minimum atomic E-state index is 0.692. The van der Waals surface area contributed by atoms with Gasteiger partial charge in [-0.2, -0.15) is 0 Å². The number of oxime groups is 1. The normalized spacial score (nSPS) is 11.4. The molecule has 0 amide bonds. The van der Waals surface area contributed by atoms with Gasteiger partial charge < -0.3 is 10.2 Å². The number of hydrogen-bond acceptors (Lipinski definition) is 2. The van der Waals surface area contributed by atoms with Crippen LogP contribution in [0.2, 0.25) is 5.02 Å². The highest BCUT2D eigenvalue weighted by Crippen LogP contribution is 2.29. The van der Waals surface area contributed by atoms with Crippen LogP contribution in [0.3, 0.4) is 0 Å². The van der Waals surface area contributed by atoms with E-state index >= 15 is 0 Å². The first-order chi connectivity index (χ1) is 9.29. The van der Waals surface area contributed by atoms with Gasteiger partial charge in [-0.1, -0.05) is 47.1 Å². The molecule has 19 heavy (non-hydrogen) atoms. The summed E-state index contributed by atoms with van der Waals surface area (Å²) in [5, 5.41) is 13.7. The molecule has 0 aliphatic heterocycles. The molecule has 0 bridgehead atoms. The number of nitrogens with zero attached hydrogens (tertiary/aromatic N) is 1. The largest absolute Gasteiger partial charge is 0.411 e. The summed E-state index contributed by atoms with van der Waals surface area (Å²) < 4.78 is 0. The van der Waals surface area contributed by atoms with Gasteiger partial charge in [0.05, 0.1) is 11.9 Å². The van der Waals surface area contributed by atoms with E-state index in [-0.39, 0.29) is 0 Å². The Morgan fingerprint density at radius 1 is 1.05 bits per heavy atom. The molecule has 2 N–H and O–H groups in total. The van der Waals surface area contributed by atoms with Crippen molar-refractivity contribution in [1.82, 2.24) is 4.98 Å². The summed E-state index contributed by atoms with van der Waals surface area (Å²) in [7, 11) is 0. The van der Waals surface area contributed by atoms with Crippen molar-refractivity contribution in [3.63, 3.8) is 0 Å². The summed E-state index contributed by atoms with van der Waals surface area (Å²) in [6.45, 7) is 0. The first kappa shape index (κ1) is 11.8. The minimum absolute atomic E-state index is 0.692. The highest BCUT2D eigenvalue weighted by atomic mass is 35.5. The second-order valence-electron chi connectivity index (χ2n) is 4.21. The van der Waals surface area contributed by atoms with E-state index in [2.05, 4.69) is 10.1 Å². The molecule has 1 aromatic heterocycles. The second kappa shape index (κ2) is 4.78. The van der Waals surface area contributed by atoms with Crippen LogP contribution >= 0.6 is 11.6 Å². The molecule has 0 aliphatic carbocycles. The summed E-state index contributed by atoms with van der Waals surface area (Å²) >= 11 is 5.90. The van der Waals surface area contributed by atoms with Gasteiger partial charge in [0, 0.05) is 21.5 Å². The monoisotopic (exact) mass is 270 g/mol. The Labute approximate surface area is 115 Å². The van der Waals surface area contributed by atoms with E-state index in [1.807, 2.05) is 48.5 Å². The summed E-state index contributed by atoms with van der Waals surface area (Å²) in [5.74, 6) is 0. The third-order valence-corrected chi connectivity index (χ3v) is 3.32. The van der Waals surface area contributed by atoms with E-state index in [4.69, 9.17) is 16.8 Å². The summed E-state index contributed by atoms with van der Waals surface area (Å²) in [4.78, 5) is 3.34. The van der Waals surface area contributed by atoms with Gasteiger partial charge in [-0.05, 0) is 23.8 Å². The molecule has 0 aliphatic rings. The molecule has 0 fully saturated rings. The molecule has 4 heteroatoms. The molecular weight excluding hydrogens is 260 g/mol. The van der Waals surface area contributed by atoms with E-state index in [0.717, 1.165) is 27.7 Å². The number of aromatic amines is 1. The Morgan fingerprint density at radius 3 is 2.53 bits per heavy atom. The van der Waals surface area contributed by atoms with Crippen molar-refractivity contribution >= 4 is 28.7 Å². The highest BCUT2D eigenvalue weighted by molar-refractivity contribution is 6.30. The molecule has 3 aromatic rings. The second-order valence-corrected chi connectivity index (χ2v) is 4.65. The number of hydrogen-bond donors (Lipinski definition) is 2.